The summed E-state index contributed by atoms with van der Waals surface area (Å²) in [6.07, 6.45) is 0.128. The number of rotatable bonds is 1. The summed E-state index contributed by atoms with van der Waals surface area (Å²) in [7, 11) is 0. The topological polar surface area (TPSA) is 54.5 Å². The molecule has 0 spiro atoms. The molecule has 2 amide bonds. The molecule has 2 heterocycles. The number of amides is 2. The normalized spacial score (nSPS) is 23.3. The van der Waals surface area contributed by atoms with Gasteiger partial charge in [-0.2, -0.15) is 0 Å². The first-order valence-corrected chi connectivity index (χ1v) is 7.09. The molecular weight excluding hydrogens is 310 g/mol. The molecule has 0 aliphatic carbocycles. The molecule has 0 radical (unpaired) electrons. The van der Waals surface area contributed by atoms with Crippen molar-refractivity contribution in [2.45, 2.75) is 33.0 Å². The largest absolute Gasteiger partial charge is 0.372 e. The number of anilines is 1. The summed E-state index contributed by atoms with van der Waals surface area (Å²) in [5, 5.41) is 2.82. The van der Waals surface area contributed by atoms with Gasteiger partial charge in [-0.05, 0) is 48.8 Å². The van der Waals surface area contributed by atoms with Gasteiger partial charge in [0.2, 0.25) is 0 Å². The Kier molecular flexibility index (Phi) is 4.42. The number of halogens is 1. The number of urea groups is 1. The predicted octanol–water partition coefficient (Wildman–Crippen LogP) is 2.79. The van der Waals surface area contributed by atoms with Gasteiger partial charge in [0.05, 0.1) is 17.9 Å². The number of nitrogens with one attached hydrogen (secondary N) is 1. The molecular formula is C13H18BrN3O2. The van der Waals surface area contributed by atoms with Crippen LogP contribution in [-0.4, -0.2) is 41.2 Å². The number of hydrogen-bond donors (Lipinski definition) is 1. The summed E-state index contributed by atoms with van der Waals surface area (Å²) < 4.78 is 6.54. The van der Waals surface area contributed by atoms with Crippen LogP contribution in [0.4, 0.5) is 10.6 Å². The minimum Gasteiger partial charge on any atom is -0.372 e. The van der Waals surface area contributed by atoms with Crippen LogP contribution in [0, 0.1) is 6.92 Å². The van der Waals surface area contributed by atoms with Crippen LogP contribution in [0.1, 0.15) is 19.5 Å². The third-order valence-corrected chi connectivity index (χ3v) is 3.80. The predicted molar refractivity (Wildman–Crippen MR) is 77.3 cm³/mol. The van der Waals surface area contributed by atoms with Crippen molar-refractivity contribution < 1.29 is 9.53 Å². The minimum absolute atomic E-state index is 0.0640. The average Bonchev–Trinajstić information content (AvgIpc) is 2.32. The van der Waals surface area contributed by atoms with E-state index >= 15 is 0 Å². The Morgan fingerprint density at radius 1 is 1.42 bits per heavy atom. The number of pyridine rings is 1. The lowest BCUT2D eigenvalue weighted by Crippen LogP contribution is -2.49. The summed E-state index contributed by atoms with van der Waals surface area (Å²) in [4.78, 5) is 18.2. The Hall–Kier alpha value is -1.14. The van der Waals surface area contributed by atoms with E-state index in [-0.39, 0.29) is 18.2 Å². The first-order valence-electron chi connectivity index (χ1n) is 6.30. The molecule has 19 heavy (non-hydrogen) atoms. The maximum absolute atomic E-state index is 12.2. The van der Waals surface area contributed by atoms with Crippen LogP contribution in [0.15, 0.2) is 16.6 Å². The Balaban J connectivity index is 2.02. The zero-order valence-electron chi connectivity index (χ0n) is 11.3. The van der Waals surface area contributed by atoms with Gasteiger partial charge in [0.1, 0.15) is 5.82 Å². The molecule has 1 aliphatic rings. The molecule has 0 aromatic carbocycles. The van der Waals surface area contributed by atoms with Crippen LogP contribution in [0.5, 0.6) is 0 Å². The Bertz CT molecular complexity index is 471. The lowest BCUT2D eigenvalue weighted by molar-refractivity contribution is -0.0530. The summed E-state index contributed by atoms with van der Waals surface area (Å²) >= 11 is 3.39. The van der Waals surface area contributed by atoms with Crippen LogP contribution in [0.3, 0.4) is 0 Å². The number of ether oxygens (including phenoxy) is 1. The molecule has 1 aromatic rings. The molecule has 1 aliphatic heterocycles. The Morgan fingerprint density at radius 3 is 2.63 bits per heavy atom. The second kappa shape index (κ2) is 5.88. The zero-order chi connectivity index (χ0) is 14.0. The van der Waals surface area contributed by atoms with Crippen LogP contribution >= 0.6 is 15.9 Å². The van der Waals surface area contributed by atoms with E-state index in [0.29, 0.717) is 18.9 Å². The standard InChI is InChI=1S/C13H18BrN3O2/c1-8-6-17(7-9(2)19-8)13(18)16-12-5-4-11(14)10(3)15-12/h4-5,8-9H,6-7H2,1-3H3,(H,15,16,18)/t8-,9+. The quantitative estimate of drug-likeness (QED) is 0.862. The summed E-state index contributed by atoms with van der Waals surface area (Å²) in [6.45, 7) is 7.03. The second-order valence-electron chi connectivity index (χ2n) is 4.86. The third-order valence-electron chi connectivity index (χ3n) is 2.96. The minimum atomic E-state index is -0.128. The monoisotopic (exact) mass is 327 g/mol. The zero-order valence-corrected chi connectivity index (χ0v) is 12.9. The number of aryl methyl sites for hydroxylation is 1. The molecule has 0 bridgehead atoms. The van der Waals surface area contributed by atoms with E-state index in [2.05, 4.69) is 26.2 Å². The fourth-order valence-corrected chi connectivity index (χ4v) is 2.37. The summed E-state index contributed by atoms with van der Waals surface area (Å²) in [5.41, 5.74) is 0.849. The number of nitrogens with zero attached hydrogens (tertiary/aromatic N) is 2. The van der Waals surface area contributed by atoms with Gasteiger partial charge in [0.25, 0.3) is 0 Å². The van der Waals surface area contributed by atoms with E-state index in [0.717, 1.165) is 10.2 Å². The summed E-state index contributed by atoms with van der Waals surface area (Å²) in [5.74, 6) is 0.567. The Labute approximate surface area is 121 Å². The van der Waals surface area contributed by atoms with Gasteiger partial charge in [-0.15, -0.1) is 0 Å². The maximum atomic E-state index is 12.2. The highest BCUT2D eigenvalue weighted by Gasteiger charge is 2.26. The first kappa shape index (κ1) is 14.3. The average molecular weight is 328 g/mol. The molecule has 104 valence electrons. The smallest absolute Gasteiger partial charge is 0.323 e. The molecule has 1 saturated heterocycles. The van der Waals surface area contributed by atoms with E-state index in [9.17, 15) is 4.79 Å². The maximum Gasteiger partial charge on any atom is 0.323 e. The highest BCUT2D eigenvalue weighted by molar-refractivity contribution is 9.10. The number of carbonyl (C=O) groups is 1. The van der Waals surface area contributed by atoms with Crippen LogP contribution in [0.25, 0.3) is 0 Å². The summed E-state index contributed by atoms with van der Waals surface area (Å²) in [6, 6.07) is 3.53. The molecule has 2 atom stereocenters. The van der Waals surface area contributed by atoms with Gasteiger partial charge in [0.15, 0.2) is 0 Å². The highest BCUT2D eigenvalue weighted by atomic mass is 79.9. The highest BCUT2D eigenvalue weighted by Crippen LogP contribution is 2.17. The third kappa shape index (κ3) is 3.67. The van der Waals surface area contributed by atoms with E-state index in [1.54, 1.807) is 11.0 Å². The van der Waals surface area contributed by atoms with E-state index in [1.165, 1.54) is 0 Å². The molecule has 2 rings (SSSR count). The number of morpholine rings is 1. The molecule has 1 fully saturated rings. The van der Waals surface area contributed by atoms with Crippen molar-refractivity contribution in [2.24, 2.45) is 0 Å². The molecule has 6 heteroatoms. The van der Waals surface area contributed by atoms with Crippen molar-refractivity contribution in [2.75, 3.05) is 18.4 Å². The van der Waals surface area contributed by atoms with E-state index < -0.39 is 0 Å². The van der Waals surface area contributed by atoms with Crippen molar-refractivity contribution >= 4 is 27.8 Å². The Morgan fingerprint density at radius 2 is 2.05 bits per heavy atom. The molecule has 5 nitrogen and oxygen atoms in total. The van der Waals surface area contributed by atoms with Crippen molar-refractivity contribution in [1.29, 1.82) is 0 Å². The second-order valence-corrected chi connectivity index (χ2v) is 5.71. The first-order chi connectivity index (χ1) is 8.95. The SMILES string of the molecule is Cc1nc(NC(=O)N2C[C@@H](C)O[C@@H](C)C2)ccc1Br. The van der Waals surface area contributed by atoms with Crippen LogP contribution < -0.4 is 5.32 Å². The van der Waals surface area contributed by atoms with Gasteiger partial charge in [-0.3, -0.25) is 5.32 Å². The molecule has 0 unspecified atom stereocenters. The fraction of sp³-hybridized carbons (Fsp3) is 0.538. The molecule has 1 aromatic heterocycles. The van der Waals surface area contributed by atoms with Crippen molar-refractivity contribution in [3.63, 3.8) is 0 Å². The van der Waals surface area contributed by atoms with Gasteiger partial charge in [-0.25, -0.2) is 9.78 Å². The lowest BCUT2D eigenvalue weighted by atomic mass is 10.2. The van der Waals surface area contributed by atoms with Crippen molar-refractivity contribution in [3.05, 3.63) is 22.3 Å². The van der Waals surface area contributed by atoms with Crippen LogP contribution in [-0.2, 0) is 4.74 Å². The van der Waals surface area contributed by atoms with Gasteiger partial charge >= 0.3 is 6.03 Å². The molecule has 1 N–H and O–H groups in total. The van der Waals surface area contributed by atoms with Gasteiger partial charge < -0.3 is 9.64 Å². The van der Waals surface area contributed by atoms with E-state index in [4.69, 9.17) is 4.74 Å². The number of hydrogen-bond acceptors (Lipinski definition) is 3. The number of aromatic nitrogens is 1. The molecule has 0 saturated carbocycles. The van der Waals surface area contributed by atoms with Gasteiger partial charge in [-0.1, -0.05) is 0 Å². The lowest BCUT2D eigenvalue weighted by Gasteiger charge is -2.35. The fourth-order valence-electron chi connectivity index (χ4n) is 2.15. The number of carbonyl (C=O) groups excluding carboxylic acids is 1. The van der Waals surface area contributed by atoms with Crippen molar-refractivity contribution in [3.8, 4) is 0 Å². The van der Waals surface area contributed by atoms with Crippen molar-refractivity contribution in [1.82, 2.24) is 9.88 Å². The van der Waals surface area contributed by atoms with E-state index in [1.807, 2.05) is 26.8 Å². The van der Waals surface area contributed by atoms with Gasteiger partial charge in [0, 0.05) is 17.6 Å². The van der Waals surface area contributed by atoms with Crippen LogP contribution in [0.2, 0.25) is 0 Å².